The molecule has 1 saturated carbocycles. The Morgan fingerprint density at radius 2 is 2.50 bits per heavy atom. The molecule has 0 aromatic heterocycles. The van der Waals surface area contributed by atoms with E-state index in [1.54, 1.807) is 0 Å². The number of hydrogen-bond acceptors (Lipinski definition) is 4. The summed E-state index contributed by atoms with van der Waals surface area (Å²) in [6.45, 7) is 0.683. The van der Waals surface area contributed by atoms with Crippen molar-refractivity contribution in [3.8, 4) is 11.5 Å². The van der Waals surface area contributed by atoms with Crippen molar-refractivity contribution in [1.29, 1.82) is 0 Å². The molecule has 1 unspecified atom stereocenters. The number of benzene rings is 1. The molecule has 2 bridgehead atoms. The van der Waals surface area contributed by atoms with Crippen molar-refractivity contribution in [2.45, 2.75) is 43.2 Å². The topological polar surface area (TPSA) is 38.8 Å². The normalized spacial score (nSPS) is 46.3. The van der Waals surface area contributed by atoms with Gasteiger partial charge in [0.1, 0.15) is 0 Å². The molecule has 4 aliphatic rings. The first kappa shape index (κ1) is 8.34. The van der Waals surface area contributed by atoms with Gasteiger partial charge in [0, 0.05) is 23.4 Å². The molecular formula is C18H21NO3. The lowest BCUT2D eigenvalue weighted by Gasteiger charge is -2.57. The Labute approximate surface area is 138 Å². The largest absolute Gasteiger partial charge is 0.493 e. The number of rotatable bonds is 1. The molecule has 4 atom stereocenters. The Kier molecular flexibility index (Phi) is 1.53. The van der Waals surface area contributed by atoms with Gasteiger partial charge in [-0.25, -0.2) is 0 Å². The fourth-order valence-corrected chi connectivity index (χ4v) is 5.19. The summed E-state index contributed by atoms with van der Waals surface area (Å²) in [6, 6.07) is -0.399. The van der Waals surface area contributed by atoms with E-state index < -0.39 is 18.5 Å². The van der Waals surface area contributed by atoms with Crippen molar-refractivity contribution in [2.75, 3.05) is 20.6 Å². The fraction of sp³-hybridized carbons (Fsp3) is 0.611. The number of ether oxygens (including phenoxy) is 2. The third-order valence-corrected chi connectivity index (χ3v) is 6.09. The van der Waals surface area contributed by atoms with Crippen LogP contribution in [-0.2, 0) is 16.6 Å². The number of ketones is 1. The van der Waals surface area contributed by atoms with E-state index >= 15 is 0 Å². The van der Waals surface area contributed by atoms with Crippen LogP contribution in [0.25, 0.3) is 0 Å². The van der Waals surface area contributed by atoms with Crippen molar-refractivity contribution in [2.24, 2.45) is 5.92 Å². The minimum atomic E-state index is -2.83. The Morgan fingerprint density at radius 1 is 1.59 bits per heavy atom. The molecule has 116 valence electrons. The molecule has 0 radical (unpaired) electrons. The second kappa shape index (κ2) is 4.05. The molecule has 1 aromatic carbocycles. The Morgan fingerprint density at radius 3 is 3.36 bits per heavy atom. The molecular weight excluding hydrogens is 278 g/mol. The highest BCUT2D eigenvalue weighted by Gasteiger charge is 2.65. The van der Waals surface area contributed by atoms with E-state index in [9.17, 15) is 4.79 Å². The van der Waals surface area contributed by atoms with Gasteiger partial charge in [0.15, 0.2) is 23.4 Å². The first-order chi connectivity index (χ1) is 13.0. The molecule has 1 saturated heterocycles. The zero-order valence-electron chi connectivity index (χ0n) is 18.4. The number of Topliss-reactive ketones (excluding diaryl/α,β-unsaturated/α-hetero) is 1. The van der Waals surface area contributed by atoms with Crippen LogP contribution in [0.1, 0.15) is 38.6 Å². The monoisotopic (exact) mass is 305 g/mol. The van der Waals surface area contributed by atoms with Gasteiger partial charge in [-0.3, -0.25) is 4.79 Å². The maximum Gasteiger partial charge on any atom is 0.174 e. The average molecular weight is 305 g/mol. The van der Waals surface area contributed by atoms with Crippen molar-refractivity contribution >= 4 is 5.78 Å². The summed E-state index contributed by atoms with van der Waals surface area (Å²) < 4.78 is 59.3. The van der Waals surface area contributed by atoms with E-state index in [4.69, 9.17) is 17.7 Å². The third kappa shape index (κ3) is 1.27. The summed E-state index contributed by atoms with van der Waals surface area (Å²) in [6.07, 6.45) is 0.0597. The molecule has 1 aromatic rings. The summed E-state index contributed by atoms with van der Waals surface area (Å²) in [4.78, 5) is 15.1. The zero-order chi connectivity index (χ0) is 20.2. The Balaban J connectivity index is 1.85. The lowest BCUT2D eigenvalue weighted by Crippen LogP contribution is -2.65. The summed E-state index contributed by atoms with van der Waals surface area (Å²) in [5, 5.41) is 0. The molecule has 1 spiro atoms. The van der Waals surface area contributed by atoms with Crippen LogP contribution in [0.3, 0.4) is 0 Å². The first-order valence-electron chi connectivity index (χ1n) is 10.8. The molecule has 2 aliphatic carbocycles. The van der Waals surface area contributed by atoms with Crippen LogP contribution >= 0.6 is 0 Å². The van der Waals surface area contributed by atoms with Gasteiger partial charge in [-0.1, -0.05) is 6.04 Å². The van der Waals surface area contributed by atoms with Gasteiger partial charge in [0.05, 0.1) is 15.3 Å². The van der Waals surface area contributed by atoms with Crippen molar-refractivity contribution in [3.63, 3.8) is 0 Å². The number of methoxy groups -OCH3 is 1. The van der Waals surface area contributed by atoms with Gasteiger partial charge in [-0.15, -0.1) is 0 Å². The van der Waals surface area contributed by atoms with Crippen LogP contribution < -0.4 is 9.47 Å². The third-order valence-electron chi connectivity index (χ3n) is 6.09. The van der Waals surface area contributed by atoms with Crippen LogP contribution in [0.2, 0.25) is 0 Å². The smallest absolute Gasteiger partial charge is 0.174 e. The Hall–Kier alpha value is -1.55. The number of carbonyl (C=O) groups is 1. The molecule has 0 N–H and O–H groups in total. The molecule has 22 heavy (non-hydrogen) atoms. The molecule has 5 rings (SSSR count). The highest BCUT2D eigenvalue weighted by Crippen LogP contribution is 2.62. The van der Waals surface area contributed by atoms with Gasteiger partial charge in [-0.05, 0) is 50.4 Å². The molecule has 0 amide bonds. The molecule has 4 heteroatoms. The highest BCUT2D eigenvalue weighted by molar-refractivity contribution is 5.89. The van der Waals surface area contributed by atoms with E-state index in [0.717, 1.165) is 0 Å². The second-order valence-corrected chi connectivity index (χ2v) is 6.84. The lowest BCUT2D eigenvalue weighted by atomic mass is 9.52. The lowest BCUT2D eigenvalue weighted by molar-refractivity contribution is -0.138. The summed E-state index contributed by atoms with van der Waals surface area (Å²) in [5.41, 5.74) is 0.248. The minimum Gasteiger partial charge on any atom is -0.493 e. The number of carbonyl (C=O) groups excluding carboxylic acids is 1. The number of likely N-dealkylation sites (tertiary alicyclic amines) is 1. The van der Waals surface area contributed by atoms with Crippen LogP contribution in [0.4, 0.5) is 0 Å². The maximum absolute atomic E-state index is 12.9. The SMILES string of the molecule is [2H]c1c([2H])c(OC([2H])([2H])[2H])c2c3c1C[C@@H]1[C@@H]4CCC(=O)C([2H])(O2)[C@]34CCN1C. The minimum absolute atomic E-state index is 0.00629. The highest BCUT2D eigenvalue weighted by atomic mass is 16.5. The van der Waals surface area contributed by atoms with Gasteiger partial charge in [-0.2, -0.15) is 0 Å². The van der Waals surface area contributed by atoms with Gasteiger partial charge in [0.25, 0.3) is 0 Å². The van der Waals surface area contributed by atoms with E-state index in [1.807, 2.05) is 7.05 Å². The molecule has 2 heterocycles. The molecule has 4 nitrogen and oxygen atoms in total. The van der Waals surface area contributed by atoms with Crippen LogP contribution in [-0.4, -0.2) is 43.4 Å². The van der Waals surface area contributed by atoms with E-state index in [0.29, 0.717) is 36.9 Å². The number of hydrogen-bond donors (Lipinski definition) is 0. The molecule has 2 fully saturated rings. The predicted molar refractivity (Wildman–Crippen MR) is 81.6 cm³/mol. The van der Waals surface area contributed by atoms with Crippen LogP contribution in [0.5, 0.6) is 11.5 Å². The number of nitrogens with zero attached hydrogens (tertiary/aromatic N) is 1. The quantitative estimate of drug-likeness (QED) is 0.795. The van der Waals surface area contributed by atoms with Crippen molar-refractivity contribution in [1.82, 2.24) is 4.90 Å². The fourth-order valence-electron chi connectivity index (χ4n) is 5.19. The molecule has 2 aliphatic heterocycles. The predicted octanol–water partition coefficient (Wildman–Crippen LogP) is 1.93. The van der Waals surface area contributed by atoms with Crippen molar-refractivity contribution < 1.29 is 22.5 Å². The van der Waals surface area contributed by atoms with Crippen LogP contribution in [0.15, 0.2) is 12.1 Å². The maximum atomic E-state index is 12.9. The summed E-state index contributed by atoms with van der Waals surface area (Å²) in [7, 11) is -0.816. The Bertz CT molecular complexity index is 918. The van der Waals surface area contributed by atoms with Gasteiger partial charge >= 0.3 is 0 Å². The van der Waals surface area contributed by atoms with Crippen LogP contribution in [0, 0.1) is 5.92 Å². The number of likely N-dealkylation sites (N-methyl/N-ethyl adjacent to an activating group) is 1. The van der Waals surface area contributed by atoms with Gasteiger partial charge in [0.2, 0.25) is 0 Å². The zero-order valence-corrected chi connectivity index (χ0v) is 12.4. The standard InChI is InChI=1S/C18H21NO3/c1-19-8-7-18-11-4-5-13(20)17(18)22-16-14(21-2)6-3-10(15(16)18)9-12(11)19/h3,6,11-12,17H,4-5,7-9H2,1-2H3/t11-,12+,17?,18-/m0/s1/i2D3,3D,6D,17D. The van der Waals surface area contributed by atoms with E-state index in [-0.39, 0.29) is 47.7 Å². The second-order valence-electron chi connectivity index (χ2n) is 6.84. The first-order valence-corrected chi connectivity index (χ1v) is 7.79. The van der Waals surface area contributed by atoms with Gasteiger partial charge < -0.3 is 14.4 Å². The summed E-state index contributed by atoms with van der Waals surface area (Å²) in [5.74, 6) is -0.644. The summed E-state index contributed by atoms with van der Waals surface area (Å²) >= 11 is 0. The van der Waals surface area contributed by atoms with Crippen molar-refractivity contribution in [3.05, 3.63) is 23.2 Å². The van der Waals surface area contributed by atoms with E-state index in [1.165, 1.54) is 0 Å². The van der Waals surface area contributed by atoms with E-state index in [2.05, 4.69) is 4.90 Å². The number of piperidine rings is 1. The average Bonchev–Trinajstić information content (AvgIpc) is 2.88.